The van der Waals surface area contributed by atoms with Gasteiger partial charge in [0.25, 0.3) is 5.91 Å². The molecule has 0 spiro atoms. The number of nitrogens with one attached hydrogen (secondary N) is 1. The summed E-state index contributed by atoms with van der Waals surface area (Å²) in [7, 11) is 0. The van der Waals surface area contributed by atoms with Crippen LogP contribution in [0.1, 0.15) is 30.1 Å². The van der Waals surface area contributed by atoms with E-state index in [-0.39, 0.29) is 6.54 Å². The van der Waals surface area contributed by atoms with E-state index in [1.165, 1.54) is 6.92 Å². The summed E-state index contributed by atoms with van der Waals surface area (Å²) in [5, 5.41) is 13.2. The Labute approximate surface area is 183 Å². The van der Waals surface area contributed by atoms with E-state index in [1.54, 1.807) is 42.5 Å². The molecule has 0 saturated carbocycles. The summed E-state index contributed by atoms with van der Waals surface area (Å²) in [6, 6.07) is 8.31. The average molecular weight is 443 g/mol. The highest BCUT2D eigenvalue weighted by Crippen LogP contribution is 2.30. The van der Waals surface area contributed by atoms with E-state index in [0.717, 1.165) is 12.1 Å². The van der Waals surface area contributed by atoms with Gasteiger partial charge in [0.05, 0.1) is 6.04 Å². The van der Waals surface area contributed by atoms with Crippen LogP contribution in [0.5, 0.6) is 0 Å². The number of rotatable bonds is 5. The number of halogens is 2. The second-order valence-electron chi connectivity index (χ2n) is 7.50. The van der Waals surface area contributed by atoms with Crippen LogP contribution < -0.4 is 11.1 Å². The number of carbonyl (C=O) groups excluding carboxylic acids is 3. The van der Waals surface area contributed by atoms with Crippen molar-refractivity contribution in [2.24, 2.45) is 5.73 Å². The van der Waals surface area contributed by atoms with Crippen molar-refractivity contribution >= 4 is 17.7 Å². The predicted octanol–water partition coefficient (Wildman–Crippen LogP) is 1.54. The molecule has 0 aliphatic carbocycles. The molecule has 1 aliphatic heterocycles. The van der Waals surface area contributed by atoms with Gasteiger partial charge in [0, 0.05) is 18.5 Å². The maximum atomic E-state index is 13.7. The van der Waals surface area contributed by atoms with Gasteiger partial charge in [0.15, 0.2) is 6.10 Å². The number of imide groups is 1. The zero-order chi connectivity index (χ0) is 23.4. The molecular weight excluding hydrogens is 420 g/mol. The summed E-state index contributed by atoms with van der Waals surface area (Å²) >= 11 is 0. The van der Waals surface area contributed by atoms with Crippen molar-refractivity contribution in [3.63, 3.8) is 0 Å². The average Bonchev–Trinajstić information content (AvgIpc) is 2.95. The second-order valence-corrected chi connectivity index (χ2v) is 7.50. The SMILES string of the molecule is C[C@H](N)C(=O)N(C(=O)[C@@H](O)c1cc(F)cc(F)c1)[C@@H]1C(=O)NCC=C[C@@H]1c1ccccc1. The van der Waals surface area contributed by atoms with Crippen LogP contribution in [0.2, 0.25) is 0 Å². The van der Waals surface area contributed by atoms with Gasteiger partial charge in [-0.25, -0.2) is 8.78 Å². The molecule has 1 heterocycles. The van der Waals surface area contributed by atoms with Gasteiger partial charge in [0.1, 0.15) is 17.7 Å². The summed E-state index contributed by atoms with van der Waals surface area (Å²) in [6.45, 7) is 1.50. The fourth-order valence-corrected chi connectivity index (χ4v) is 3.60. The summed E-state index contributed by atoms with van der Waals surface area (Å²) in [6.07, 6.45) is 1.27. The van der Waals surface area contributed by atoms with Gasteiger partial charge in [0.2, 0.25) is 11.8 Å². The van der Waals surface area contributed by atoms with Crippen LogP contribution in [0.25, 0.3) is 0 Å². The van der Waals surface area contributed by atoms with Gasteiger partial charge in [-0.15, -0.1) is 0 Å². The van der Waals surface area contributed by atoms with Crippen molar-refractivity contribution in [3.05, 3.63) is 83.4 Å². The van der Waals surface area contributed by atoms with Crippen molar-refractivity contribution in [1.29, 1.82) is 0 Å². The monoisotopic (exact) mass is 443 g/mol. The molecule has 0 aromatic heterocycles. The number of carbonyl (C=O) groups is 3. The summed E-state index contributed by atoms with van der Waals surface area (Å²) < 4.78 is 27.3. The van der Waals surface area contributed by atoms with Gasteiger partial charge in [-0.05, 0) is 30.2 Å². The molecule has 32 heavy (non-hydrogen) atoms. The van der Waals surface area contributed by atoms with Gasteiger partial charge in [-0.1, -0.05) is 42.5 Å². The van der Waals surface area contributed by atoms with Gasteiger partial charge < -0.3 is 16.2 Å². The molecule has 168 valence electrons. The highest BCUT2D eigenvalue weighted by Gasteiger charge is 2.43. The van der Waals surface area contributed by atoms with Crippen molar-refractivity contribution in [3.8, 4) is 0 Å². The topological polar surface area (TPSA) is 113 Å². The molecule has 2 aromatic rings. The molecule has 0 bridgehead atoms. The molecular formula is C23H23F2N3O4. The van der Waals surface area contributed by atoms with Crippen LogP contribution in [0.4, 0.5) is 8.78 Å². The molecule has 3 rings (SSSR count). The maximum absolute atomic E-state index is 13.7. The molecule has 0 radical (unpaired) electrons. The summed E-state index contributed by atoms with van der Waals surface area (Å²) in [5.41, 5.74) is 6.00. The minimum atomic E-state index is -2.10. The lowest BCUT2D eigenvalue weighted by Gasteiger charge is -2.35. The Kier molecular flexibility index (Phi) is 7.12. The largest absolute Gasteiger partial charge is 0.378 e. The maximum Gasteiger partial charge on any atom is 0.263 e. The number of hydrogen-bond acceptors (Lipinski definition) is 5. The van der Waals surface area contributed by atoms with Gasteiger partial charge in [-0.3, -0.25) is 19.3 Å². The third-order valence-corrected chi connectivity index (χ3v) is 5.11. The van der Waals surface area contributed by atoms with E-state index < -0.39 is 59.0 Å². The van der Waals surface area contributed by atoms with E-state index in [0.29, 0.717) is 16.5 Å². The van der Waals surface area contributed by atoms with Gasteiger partial charge >= 0.3 is 0 Å². The van der Waals surface area contributed by atoms with Crippen LogP contribution in [-0.4, -0.2) is 46.4 Å². The number of hydrogen-bond donors (Lipinski definition) is 3. The zero-order valence-corrected chi connectivity index (χ0v) is 17.2. The van der Waals surface area contributed by atoms with Crippen LogP contribution >= 0.6 is 0 Å². The number of aliphatic hydroxyl groups excluding tert-OH is 1. The summed E-state index contributed by atoms with van der Waals surface area (Å²) in [5.74, 6) is -5.51. The van der Waals surface area contributed by atoms with Crippen LogP contribution in [0.3, 0.4) is 0 Å². The Balaban J connectivity index is 2.10. The molecule has 2 aromatic carbocycles. The minimum Gasteiger partial charge on any atom is -0.378 e. The van der Waals surface area contributed by atoms with Gasteiger partial charge in [-0.2, -0.15) is 0 Å². The van der Waals surface area contributed by atoms with E-state index in [2.05, 4.69) is 5.32 Å². The number of benzene rings is 2. The third kappa shape index (κ3) is 4.90. The normalized spacial score (nSPS) is 20.1. The highest BCUT2D eigenvalue weighted by atomic mass is 19.1. The molecule has 4 N–H and O–H groups in total. The molecule has 0 fully saturated rings. The number of amides is 3. The molecule has 4 atom stereocenters. The smallest absolute Gasteiger partial charge is 0.263 e. The lowest BCUT2D eigenvalue weighted by atomic mass is 9.89. The number of nitrogens with zero attached hydrogens (tertiary/aromatic N) is 1. The van der Waals surface area contributed by atoms with Crippen LogP contribution in [0, 0.1) is 11.6 Å². The van der Waals surface area contributed by atoms with Crippen molar-refractivity contribution in [2.75, 3.05) is 6.54 Å². The minimum absolute atomic E-state index is 0.171. The van der Waals surface area contributed by atoms with Crippen LogP contribution in [-0.2, 0) is 14.4 Å². The van der Waals surface area contributed by atoms with E-state index in [9.17, 15) is 28.3 Å². The second kappa shape index (κ2) is 9.80. The Bertz CT molecular complexity index is 1020. The Morgan fingerprint density at radius 1 is 1.12 bits per heavy atom. The van der Waals surface area contributed by atoms with E-state index in [4.69, 9.17) is 5.73 Å². The molecule has 3 amide bonds. The highest BCUT2D eigenvalue weighted by molar-refractivity contribution is 6.04. The predicted molar refractivity (Wildman–Crippen MR) is 112 cm³/mol. The van der Waals surface area contributed by atoms with Crippen molar-refractivity contribution in [2.45, 2.75) is 31.0 Å². The quantitative estimate of drug-likeness (QED) is 0.607. The van der Waals surface area contributed by atoms with Crippen molar-refractivity contribution in [1.82, 2.24) is 10.2 Å². The lowest BCUT2D eigenvalue weighted by Crippen LogP contribution is -2.58. The Morgan fingerprint density at radius 3 is 2.34 bits per heavy atom. The van der Waals surface area contributed by atoms with Crippen molar-refractivity contribution < 1.29 is 28.3 Å². The van der Waals surface area contributed by atoms with Crippen LogP contribution in [0.15, 0.2) is 60.7 Å². The number of nitrogens with two attached hydrogens (primary N) is 1. The Morgan fingerprint density at radius 2 is 1.75 bits per heavy atom. The standard InChI is InChI=1S/C23H23F2N3O4/c1-13(26)22(31)28(23(32)20(29)15-10-16(24)12-17(25)11-15)19-18(8-5-9-27-21(19)30)14-6-3-2-4-7-14/h2-8,10-13,18-20,29H,9,26H2,1H3,(H,27,30)/t13-,18+,19-,20-/m0/s1. The lowest BCUT2D eigenvalue weighted by molar-refractivity contribution is -0.158. The Hall–Kier alpha value is -3.43. The molecule has 0 saturated heterocycles. The van der Waals surface area contributed by atoms with E-state index >= 15 is 0 Å². The molecule has 9 heteroatoms. The fraction of sp³-hybridized carbons (Fsp3) is 0.261. The summed E-state index contributed by atoms with van der Waals surface area (Å²) in [4.78, 5) is 39.9. The first-order valence-electron chi connectivity index (χ1n) is 9.96. The first-order valence-corrected chi connectivity index (χ1v) is 9.96. The first kappa shape index (κ1) is 23.2. The molecule has 7 nitrogen and oxygen atoms in total. The first-order chi connectivity index (χ1) is 15.2. The molecule has 1 aliphatic rings. The third-order valence-electron chi connectivity index (χ3n) is 5.11. The van der Waals surface area contributed by atoms with E-state index in [1.807, 2.05) is 0 Å². The zero-order valence-electron chi connectivity index (χ0n) is 17.2. The number of aliphatic hydroxyl groups is 1. The molecule has 0 unspecified atom stereocenters. The fourth-order valence-electron chi connectivity index (χ4n) is 3.60.